The number of amides is 2. The van der Waals surface area contributed by atoms with Crippen molar-refractivity contribution in [3.05, 3.63) is 71.8 Å². The fourth-order valence-corrected chi connectivity index (χ4v) is 3.96. The highest BCUT2D eigenvalue weighted by Gasteiger charge is 2.24. The van der Waals surface area contributed by atoms with Crippen LogP contribution in [0.4, 0.5) is 4.79 Å². The number of piperidine rings is 1. The summed E-state index contributed by atoms with van der Waals surface area (Å²) in [5.41, 5.74) is 2.68. The Hall–Kier alpha value is -2.33. The maximum Gasteiger partial charge on any atom is 0.315 e. The SMILES string of the molecule is CC(CCNC(=O)NC1CCN(C(C)c2ccccc2)CC1)c1ccccc1. The van der Waals surface area contributed by atoms with E-state index in [2.05, 4.69) is 84.0 Å². The molecule has 2 unspecified atom stereocenters. The second kappa shape index (κ2) is 10.3. The summed E-state index contributed by atoms with van der Waals surface area (Å²) in [6, 6.07) is 21.8. The first-order chi connectivity index (χ1) is 13.6. The molecule has 150 valence electrons. The van der Waals surface area contributed by atoms with Gasteiger partial charge in [0.25, 0.3) is 0 Å². The van der Waals surface area contributed by atoms with Gasteiger partial charge in [0.05, 0.1) is 0 Å². The molecule has 3 rings (SSSR count). The molecule has 2 amide bonds. The standard InChI is InChI=1S/C24H33N3O/c1-19(21-9-5-3-6-10-21)13-16-25-24(28)26-23-14-17-27(18-15-23)20(2)22-11-7-4-8-12-22/h3-12,19-20,23H,13-18H2,1-2H3,(H2,25,26,28). The number of carbonyl (C=O) groups is 1. The second-order valence-electron chi connectivity index (χ2n) is 7.90. The van der Waals surface area contributed by atoms with Gasteiger partial charge in [0.2, 0.25) is 0 Å². The molecule has 0 radical (unpaired) electrons. The van der Waals surface area contributed by atoms with Crippen LogP contribution in [0, 0.1) is 0 Å². The van der Waals surface area contributed by atoms with Crippen molar-refractivity contribution in [3.63, 3.8) is 0 Å². The number of hydrogen-bond donors (Lipinski definition) is 2. The number of carbonyl (C=O) groups excluding carboxylic acids is 1. The highest BCUT2D eigenvalue weighted by atomic mass is 16.2. The normalized spacial score (nSPS) is 17.6. The summed E-state index contributed by atoms with van der Waals surface area (Å²) < 4.78 is 0. The highest BCUT2D eigenvalue weighted by Crippen LogP contribution is 2.24. The van der Waals surface area contributed by atoms with Gasteiger partial charge in [0.1, 0.15) is 0 Å². The van der Waals surface area contributed by atoms with Crippen LogP contribution in [0.25, 0.3) is 0 Å². The first kappa shape index (κ1) is 20.4. The third-order valence-electron chi connectivity index (χ3n) is 5.93. The van der Waals surface area contributed by atoms with E-state index in [1.165, 1.54) is 11.1 Å². The van der Waals surface area contributed by atoms with E-state index in [-0.39, 0.29) is 12.1 Å². The lowest BCUT2D eigenvalue weighted by Crippen LogP contribution is -2.48. The molecule has 2 aromatic rings. The predicted octanol–water partition coefficient (Wildman–Crippen LogP) is 4.71. The number of likely N-dealkylation sites (tertiary alicyclic amines) is 1. The Balaban J connectivity index is 1.35. The van der Waals surface area contributed by atoms with Gasteiger partial charge in [0.15, 0.2) is 0 Å². The van der Waals surface area contributed by atoms with Crippen LogP contribution in [-0.2, 0) is 0 Å². The number of hydrogen-bond acceptors (Lipinski definition) is 2. The number of nitrogens with one attached hydrogen (secondary N) is 2. The van der Waals surface area contributed by atoms with E-state index in [0.29, 0.717) is 18.5 Å². The fraction of sp³-hybridized carbons (Fsp3) is 0.458. The van der Waals surface area contributed by atoms with E-state index in [1.54, 1.807) is 0 Å². The molecule has 0 saturated carbocycles. The Kier molecular flexibility index (Phi) is 7.49. The molecule has 1 saturated heterocycles. The quantitative estimate of drug-likeness (QED) is 0.732. The summed E-state index contributed by atoms with van der Waals surface area (Å²) in [5, 5.41) is 6.18. The van der Waals surface area contributed by atoms with Crippen molar-refractivity contribution < 1.29 is 4.79 Å². The third kappa shape index (κ3) is 5.83. The Bertz CT molecular complexity index is 711. The molecule has 0 spiro atoms. The van der Waals surface area contributed by atoms with Crippen LogP contribution in [0.5, 0.6) is 0 Å². The molecule has 1 aliphatic heterocycles. The van der Waals surface area contributed by atoms with Crippen LogP contribution in [-0.4, -0.2) is 36.6 Å². The van der Waals surface area contributed by atoms with Crippen molar-refractivity contribution in [2.75, 3.05) is 19.6 Å². The topological polar surface area (TPSA) is 44.4 Å². The Morgan fingerprint density at radius 1 is 0.964 bits per heavy atom. The molecule has 4 nitrogen and oxygen atoms in total. The number of urea groups is 1. The van der Waals surface area contributed by atoms with Gasteiger partial charge in [-0.2, -0.15) is 0 Å². The Morgan fingerprint density at radius 2 is 1.54 bits per heavy atom. The summed E-state index contributed by atoms with van der Waals surface area (Å²) in [6.45, 7) is 7.21. The summed E-state index contributed by atoms with van der Waals surface area (Å²) in [6.07, 6.45) is 2.96. The minimum atomic E-state index is -0.0326. The molecule has 1 heterocycles. The number of benzene rings is 2. The van der Waals surface area contributed by atoms with Gasteiger partial charge in [-0.3, -0.25) is 4.90 Å². The van der Waals surface area contributed by atoms with E-state index < -0.39 is 0 Å². The smallest absolute Gasteiger partial charge is 0.315 e. The second-order valence-corrected chi connectivity index (χ2v) is 7.90. The van der Waals surface area contributed by atoms with Crippen LogP contribution < -0.4 is 10.6 Å². The van der Waals surface area contributed by atoms with Crippen LogP contribution in [0.2, 0.25) is 0 Å². The van der Waals surface area contributed by atoms with E-state index in [4.69, 9.17) is 0 Å². The van der Waals surface area contributed by atoms with Gasteiger partial charge in [-0.25, -0.2) is 4.79 Å². The lowest BCUT2D eigenvalue weighted by molar-refractivity contribution is 0.153. The molecule has 0 aromatic heterocycles. The van der Waals surface area contributed by atoms with Gasteiger partial charge >= 0.3 is 6.03 Å². The molecule has 1 aliphatic rings. The molecule has 4 heteroatoms. The molecular formula is C24H33N3O. The van der Waals surface area contributed by atoms with Crippen LogP contribution >= 0.6 is 0 Å². The first-order valence-electron chi connectivity index (χ1n) is 10.5. The van der Waals surface area contributed by atoms with Crippen LogP contribution in [0.3, 0.4) is 0 Å². The zero-order valence-corrected chi connectivity index (χ0v) is 17.1. The van der Waals surface area contributed by atoms with Crippen molar-refractivity contribution in [1.29, 1.82) is 0 Å². The first-order valence-corrected chi connectivity index (χ1v) is 10.5. The summed E-state index contributed by atoms with van der Waals surface area (Å²) in [7, 11) is 0. The minimum absolute atomic E-state index is 0.0326. The van der Waals surface area contributed by atoms with E-state index in [9.17, 15) is 4.79 Å². The maximum atomic E-state index is 12.2. The lowest BCUT2D eigenvalue weighted by Gasteiger charge is -2.36. The molecule has 2 aromatic carbocycles. The van der Waals surface area contributed by atoms with Crippen LogP contribution in [0.15, 0.2) is 60.7 Å². The zero-order chi connectivity index (χ0) is 19.8. The summed E-state index contributed by atoms with van der Waals surface area (Å²) in [5.74, 6) is 0.448. The molecule has 0 aliphatic carbocycles. The average Bonchev–Trinajstić information content (AvgIpc) is 2.75. The van der Waals surface area contributed by atoms with Crippen molar-refractivity contribution in [3.8, 4) is 0 Å². The van der Waals surface area contributed by atoms with Gasteiger partial charge < -0.3 is 10.6 Å². The van der Waals surface area contributed by atoms with Crippen molar-refractivity contribution in [1.82, 2.24) is 15.5 Å². The van der Waals surface area contributed by atoms with Gasteiger partial charge in [-0.1, -0.05) is 67.6 Å². The maximum absolute atomic E-state index is 12.2. The van der Waals surface area contributed by atoms with Crippen molar-refractivity contribution >= 4 is 6.03 Å². The molecule has 2 N–H and O–H groups in total. The molecule has 1 fully saturated rings. The monoisotopic (exact) mass is 379 g/mol. The Labute approximate surface area is 169 Å². The Morgan fingerprint density at radius 3 is 2.14 bits per heavy atom. The largest absolute Gasteiger partial charge is 0.338 e. The van der Waals surface area contributed by atoms with Crippen molar-refractivity contribution in [2.45, 2.75) is 51.1 Å². The third-order valence-corrected chi connectivity index (χ3v) is 5.93. The molecule has 2 atom stereocenters. The number of nitrogens with zero attached hydrogens (tertiary/aromatic N) is 1. The molecular weight excluding hydrogens is 346 g/mol. The average molecular weight is 380 g/mol. The highest BCUT2D eigenvalue weighted by molar-refractivity contribution is 5.74. The van der Waals surface area contributed by atoms with Gasteiger partial charge in [0, 0.05) is 31.7 Å². The predicted molar refractivity (Wildman–Crippen MR) is 115 cm³/mol. The van der Waals surface area contributed by atoms with Crippen LogP contribution in [0.1, 0.15) is 56.2 Å². The van der Waals surface area contributed by atoms with E-state index in [1.807, 2.05) is 6.07 Å². The zero-order valence-electron chi connectivity index (χ0n) is 17.1. The summed E-state index contributed by atoms with van der Waals surface area (Å²) >= 11 is 0. The summed E-state index contributed by atoms with van der Waals surface area (Å²) in [4.78, 5) is 14.7. The van der Waals surface area contributed by atoms with E-state index in [0.717, 1.165) is 32.4 Å². The number of rotatable bonds is 7. The fourth-order valence-electron chi connectivity index (χ4n) is 3.96. The van der Waals surface area contributed by atoms with Gasteiger partial charge in [-0.15, -0.1) is 0 Å². The minimum Gasteiger partial charge on any atom is -0.338 e. The molecule has 28 heavy (non-hydrogen) atoms. The van der Waals surface area contributed by atoms with E-state index >= 15 is 0 Å². The lowest BCUT2D eigenvalue weighted by atomic mass is 9.98. The van der Waals surface area contributed by atoms with Gasteiger partial charge in [-0.05, 0) is 43.2 Å². The van der Waals surface area contributed by atoms with Crippen molar-refractivity contribution in [2.24, 2.45) is 0 Å². The molecule has 0 bridgehead atoms.